The van der Waals surface area contributed by atoms with Gasteiger partial charge in [-0.05, 0) is 54.4 Å². The second-order valence-electron chi connectivity index (χ2n) is 6.27. The fourth-order valence-corrected chi connectivity index (χ4v) is 2.60. The van der Waals surface area contributed by atoms with E-state index in [2.05, 4.69) is 21.9 Å². The molecule has 6 nitrogen and oxygen atoms in total. The highest BCUT2D eigenvalue weighted by atomic mass is 16.5. The Morgan fingerprint density at radius 3 is 2.55 bits per heavy atom. The number of nitriles is 1. The number of ether oxygens (including phenoxy) is 1. The van der Waals surface area contributed by atoms with Gasteiger partial charge >= 0.3 is 6.03 Å². The van der Waals surface area contributed by atoms with Gasteiger partial charge in [-0.25, -0.2) is 10.2 Å². The number of rotatable bonds is 6. The Hall–Kier alpha value is -4.11. The summed E-state index contributed by atoms with van der Waals surface area (Å²) in [7, 11) is 0. The average Bonchev–Trinajstić information content (AvgIpc) is 2.75. The number of amides is 2. The number of hydrogen-bond acceptors (Lipinski definition) is 4. The number of hydrazone groups is 1. The van der Waals surface area contributed by atoms with Crippen LogP contribution >= 0.6 is 0 Å². The summed E-state index contributed by atoms with van der Waals surface area (Å²) in [6.45, 7) is 2.24. The summed E-state index contributed by atoms with van der Waals surface area (Å²) in [6.07, 6.45) is 1.55. The minimum atomic E-state index is -0.410. The molecule has 2 N–H and O–H groups in total. The zero-order valence-electron chi connectivity index (χ0n) is 15.9. The Kier molecular flexibility index (Phi) is 6.58. The van der Waals surface area contributed by atoms with Gasteiger partial charge in [0, 0.05) is 11.3 Å². The Balaban J connectivity index is 1.50. The van der Waals surface area contributed by atoms with Gasteiger partial charge < -0.3 is 10.1 Å². The fourth-order valence-electron chi connectivity index (χ4n) is 2.60. The van der Waals surface area contributed by atoms with Crippen molar-refractivity contribution in [2.24, 2.45) is 5.10 Å². The lowest BCUT2D eigenvalue weighted by molar-refractivity contribution is 0.252. The van der Waals surface area contributed by atoms with Crippen molar-refractivity contribution in [1.82, 2.24) is 5.43 Å². The predicted molar refractivity (Wildman–Crippen MR) is 113 cm³/mol. The van der Waals surface area contributed by atoms with E-state index < -0.39 is 6.03 Å². The smallest absolute Gasteiger partial charge is 0.339 e. The summed E-state index contributed by atoms with van der Waals surface area (Å²) in [5, 5.41) is 15.8. The van der Waals surface area contributed by atoms with Crippen LogP contribution in [0.5, 0.6) is 5.75 Å². The van der Waals surface area contributed by atoms with Crippen LogP contribution in [-0.2, 0) is 6.61 Å². The molecule has 0 atom stereocenters. The topological polar surface area (TPSA) is 86.5 Å². The highest BCUT2D eigenvalue weighted by molar-refractivity contribution is 5.91. The Morgan fingerprint density at radius 2 is 1.79 bits per heavy atom. The summed E-state index contributed by atoms with van der Waals surface area (Å²) in [6, 6.07) is 23.9. The summed E-state index contributed by atoms with van der Waals surface area (Å²) < 4.78 is 5.73. The molecule has 0 aromatic heterocycles. The van der Waals surface area contributed by atoms with E-state index in [1.165, 1.54) is 0 Å². The van der Waals surface area contributed by atoms with E-state index in [-0.39, 0.29) is 0 Å². The molecule has 29 heavy (non-hydrogen) atoms. The molecule has 0 unspecified atom stereocenters. The summed E-state index contributed by atoms with van der Waals surface area (Å²) in [4.78, 5) is 11.9. The maximum Gasteiger partial charge on any atom is 0.339 e. The van der Waals surface area contributed by atoms with Crippen LogP contribution < -0.4 is 15.5 Å². The molecule has 3 aromatic rings. The van der Waals surface area contributed by atoms with Crippen molar-refractivity contribution >= 4 is 17.9 Å². The molecule has 144 valence electrons. The van der Waals surface area contributed by atoms with Crippen LogP contribution in [-0.4, -0.2) is 12.2 Å². The minimum absolute atomic E-state index is 0.317. The normalized spacial score (nSPS) is 10.3. The number of hydrogen-bond donors (Lipinski definition) is 2. The van der Waals surface area contributed by atoms with Crippen molar-refractivity contribution < 1.29 is 9.53 Å². The summed E-state index contributed by atoms with van der Waals surface area (Å²) >= 11 is 0. The van der Waals surface area contributed by atoms with Crippen LogP contribution in [0.3, 0.4) is 0 Å². The summed E-state index contributed by atoms with van der Waals surface area (Å²) in [5.74, 6) is 0.681. The van der Waals surface area contributed by atoms with Crippen LogP contribution in [0.25, 0.3) is 0 Å². The first kappa shape index (κ1) is 19.6. The molecule has 0 fully saturated rings. The second-order valence-corrected chi connectivity index (χ2v) is 6.27. The van der Waals surface area contributed by atoms with Crippen LogP contribution in [0.2, 0.25) is 0 Å². The number of para-hydroxylation sites is 1. The number of aryl methyl sites for hydroxylation is 1. The lowest BCUT2D eigenvalue weighted by Crippen LogP contribution is -2.24. The molecule has 3 rings (SSSR count). The Bertz CT molecular complexity index is 1050. The van der Waals surface area contributed by atoms with Crippen molar-refractivity contribution in [1.29, 1.82) is 5.26 Å². The van der Waals surface area contributed by atoms with Gasteiger partial charge in [-0.2, -0.15) is 10.4 Å². The SMILES string of the molecule is Cc1ccccc1NC(=O)NN=Cc1ccc(OCc2ccccc2C#N)cc1. The molecule has 0 aliphatic heterocycles. The van der Waals surface area contributed by atoms with Gasteiger partial charge in [-0.1, -0.05) is 36.4 Å². The lowest BCUT2D eigenvalue weighted by atomic mass is 10.1. The fraction of sp³-hybridized carbons (Fsp3) is 0.0870. The lowest BCUT2D eigenvalue weighted by Gasteiger charge is -2.08. The molecule has 0 aliphatic carbocycles. The molecule has 0 aliphatic rings. The quantitative estimate of drug-likeness (QED) is 0.481. The number of anilines is 1. The Labute approximate surface area is 169 Å². The molecule has 3 aromatic carbocycles. The third kappa shape index (κ3) is 5.68. The van der Waals surface area contributed by atoms with Crippen LogP contribution in [0, 0.1) is 18.3 Å². The van der Waals surface area contributed by atoms with Crippen molar-refractivity contribution in [2.45, 2.75) is 13.5 Å². The number of carbonyl (C=O) groups is 1. The van der Waals surface area contributed by atoms with Gasteiger partial charge in [-0.15, -0.1) is 0 Å². The van der Waals surface area contributed by atoms with Gasteiger partial charge in [0.2, 0.25) is 0 Å². The number of benzene rings is 3. The number of nitrogens with one attached hydrogen (secondary N) is 2. The molecule has 2 amide bonds. The maximum absolute atomic E-state index is 11.9. The van der Waals surface area contributed by atoms with E-state index in [4.69, 9.17) is 10.00 Å². The van der Waals surface area contributed by atoms with E-state index in [9.17, 15) is 4.79 Å². The van der Waals surface area contributed by atoms with Crippen molar-refractivity contribution in [2.75, 3.05) is 5.32 Å². The minimum Gasteiger partial charge on any atom is -0.489 e. The first-order chi connectivity index (χ1) is 14.2. The van der Waals surface area contributed by atoms with E-state index in [0.29, 0.717) is 17.9 Å². The van der Waals surface area contributed by atoms with Crippen LogP contribution in [0.4, 0.5) is 10.5 Å². The number of nitrogens with zero attached hydrogens (tertiary/aromatic N) is 2. The highest BCUT2D eigenvalue weighted by Crippen LogP contribution is 2.15. The largest absolute Gasteiger partial charge is 0.489 e. The zero-order chi connectivity index (χ0) is 20.5. The molecule has 0 saturated carbocycles. The predicted octanol–water partition coefficient (Wildman–Crippen LogP) is 4.60. The van der Waals surface area contributed by atoms with Crippen LogP contribution in [0.15, 0.2) is 77.9 Å². The van der Waals surface area contributed by atoms with Gasteiger partial charge in [-0.3, -0.25) is 0 Å². The van der Waals surface area contributed by atoms with Crippen LogP contribution in [0.1, 0.15) is 22.3 Å². The molecule has 0 radical (unpaired) electrons. The maximum atomic E-state index is 11.9. The summed E-state index contributed by atoms with van der Waals surface area (Å²) in [5.41, 5.74) is 6.40. The molecular formula is C23H20N4O2. The van der Waals surface area contributed by atoms with Gasteiger partial charge in [0.25, 0.3) is 0 Å². The van der Waals surface area contributed by atoms with Crippen molar-refractivity contribution in [3.63, 3.8) is 0 Å². The van der Waals surface area contributed by atoms with Gasteiger partial charge in [0.1, 0.15) is 12.4 Å². The zero-order valence-corrected chi connectivity index (χ0v) is 15.9. The standard InChI is InChI=1S/C23H20N4O2/c1-17-6-2-5-9-22(17)26-23(28)27-25-15-18-10-12-21(13-11-18)29-16-20-8-4-3-7-19(20)14-24/h2-13,15H,16H2,1H3,(H2,26,27,28). The molecule has 6 heteroatoms. The third-order valence-corrected chi connectivity index (χ3v) is 4.19. The van der Waals surface area contributed by atoms with E-state index in [1.54, 1.807) is 12.3 Å². The number of urea groups is 1. The van der Waals surface area contributed by atoms with E-state index in [1.807, 2.05) is 73.7 Å². The molecule has 0 saturated heterocycles. The number of carbonyl (C=O) groups excluding carboxylic acids is 1. The molecular weight excluding hydrogens is 364 g/mol. The Morgan fingerprint density at radius 1 is 1.07 bits per heavy atom. The average molecular weight is 384 g/mol. The van der Waals surface area contributed by atoms with E-state index in [0.717, 1.165) is 22.4 Å². The van der Waals surface area contributed by atoms with Gasteiger partial charge in [0.05, 0.1) is 17.8 Å². The van der Waals surface area contributed by atoms with Gasteiger partial charge in [0.15, 0.2) is 0 Å². The first-order valence-electron chi connectivity index (χ1n) is 9.02. The van der Waals surface area contributed by atoms with E-state index >= 15 is 0 Å². The van der Waals surface area contributed by atoms with Crippen molar-refractivity contribution in [3.8, 4) is 11.8 Å². The second kappa shape index (κ2) is 9.72. The third-order valence-electron chi connectivity index (χ3n) is 4.19. The molecule has 0 spiro atoms. The van der Waals surface area contributed by atoms with Crippen molar-refractivity contribution in [3.05, 3.63) is 95.1 Å². The monoisotopic (exact) mass is 384 g/mol. The first-order valence-corrected chi connectivity index (χ1v) is 9.02. The molecule has 0 heterocycles. The highest BCUT2D eigenvalue weighted by Gasteiger charge is 2.03. The molecule has 0 bridgehead atoms.